The second-order valence-electron chi connectivity index (χ2n) is 15.6. The number of esters is 3. The van der Waals surface area contributed by atoms with Crippen molar-refractivity contribution in [3.8, 4) is 0 Å². The summed E-state index contributed by atoms with van der Waals surface area (Å²) in [5.41, 5.74) is 0. The molecule has 0 saturated carbocycles. The fraction of sp³-hybridized carbons (Fsp3) is 0.589. The van der Waals surface area contributed by atoms with Crippen molar-refractivity contribution in [2.24, 2.45) is 0 Å². The van der Waals surface area contributed by atoms with Gasteiger partial charge in [-0.1, -0.05) is 181 Å². The van der Waals surface area contributed by atoms with E-state index in [1.807, 2.05) is 12.2 Å². The minimum Gasteiger partial charge on any atom is -0.462 e. The molecule has 0 heterocycles. The molecule has 0 spiro atoms. The summed E-state index contributed by atoms with van der Waals surface area (Å²) in [6, 6.07) is 0. The number of rotatable bonds is 42. The number of unbranched alkanes of at least 4 members (excludes halogenated alkanes) is 11. The summed E-state index contributed by atoms with van der Waals surface area (Å²) < 4.78 is 16.6. The van der Waals surface area contributed by atoms with Crippen molar-refractivity contribution in [1.29, 1.82) is 0 Å². The second-order valence-corrected chi connectivity index (χ2v) is 15.6. The van der Waals surface area contributed by atoms with Gasteiger partial charge in [0.25, 0.3) is 0 Å². The lowest BCUT2D eigenvalue weighted by Crippen LogP contribution is -2.30. The highest BCUT2D eigenvalue weighted by Gasteiger charge is 2.19. The molecule has 0 aliphatic heterocycles. The summed E-state index contributed by atoms with van der Waals surface area (Å²) in [5.74, 6) is -1.06. The lowest BCUT2D eigenvalue weighted by Gasteiger charge is -2.18. The minimum atomic E-state index is -0.829. The number of carbonyl (C=O) groups excluding carboxylic acids is 3. The lowest BCUT2D eigenvalue weighted by atomic mass is 10.1. The Labute approximate surface area is 380 Å². The molecular weight excluding hydrogens is 769 g/mol. The first-order valence-corrected chi connectivity index (χ1v) is 24.5. The van der Waals surface area contributed by atoms with Crippen LogP contribution in [0.5, 0.6) is 0 Å². The molecule has 0 N–H and O–H groups in total. The number of allylic oxidation sites excluding steroid dienone is 20. The third kappa shape index (κ3) is 46.9. The van der Waals surface area contributed by atoms with Crippen molar-refractivity contribution in [2.75, 3.05) is 13.2 Å². The molecule has 0 aromatic carbocycles. The van der Waals surface area contributed by atoms with Crippen LogP contribution in [0.4, 0.5) is 0 Å². The highest BCUT2D eigenvalue weighted by atomic mass is 16.6. The van der Waals surface area contributed by atoms with Crippen molar-refractivity contribution in [3.63, 3.8) is 0 Å². The third-order valence-electron chi connectivity index (χ3n) is 9.69. The van der Waals surface area contributed by atoms with Gasteiger partial charge < -0.3 is 14.2 Å². The Morgan fingerprint density at radius 2 is 0.661 bits per heavy atom. The average Bonchev–Trinajstić information content (AvgIpc) is 3.27. The van der Waals surface area contributed by atoms with Crippen LogP contribution in [-0.4, -0.2) is 37.2 Å². The van der Waals surface area contributed by atoms with Gasteiger partial charge in [0.2, 0.25) is 0 Å². The molecule has 6 heteroatoms. The zero-order valence-electron chi connectivity index (χ0n) is 39.6. The molecule has 0 aliphatic rings. The van der Waals surface area contributed by atoms with Crippen LogP contribution in [0.15, 0.2) is 122 Å². The van der Waals surface area contributed by atoms with Gasteiger partial charge in [0.1, 0.15) is 13.2 Å². The van der Waals surface area contributed by atoms with E-state index in [4.69, 9.17) is 14.2 Å². The molecular formula is C56H88O6. The first-order valence-electron chi connectivity index (χ1n) is 24.5. The van der Waals surface area contributed by atoms with E-state index in [-0.39, 0.29) is 44.0 Å². The van der Waals surface area contributed by atoms with E-state index < -0.39 is 6.10 Å². The Bertz CT molecular complexity index is 1350. The van der Waals surface area contributed by atoms with E-state index in [1.54, 1.807) is 0 Å². The van der Waals surface area contributed by atoms with Crippen LogP contribution in [-0.2, 0) is 28.6 Å². The lowest BCUT2D eigenvalue weighted by molar-refractivity contribution is -0.166. The van der Waals surface area contributed by atoms with Crippen molar-refractivity contribution in [1.82, 2.24) is 0 Å². The van der Waals surface area contributed by atoms with Crippen molar-refractivity contribution in [2.45, 2.75) is 200 Å². The predicted molar refractivity (Wildman–Crippen MR) is 265 cm³/mol. The summed E-state index contributed by atoms with van der Waals surface area (Å²) in [4.78, 5) is 37.8. The van der Waals surface area contributed by atoms with Crippen molar-refractivity contribution < 1.29 is 28.6 Å². The summed E-state index contributed by atoms with van der Waals surface area (Å²) >= 11 is 0. The van der Waals surface area contributed by atoms with Gasteiger partial charge in [0.15, 0.2) is 6.10 Å². The molecule has 1 atom stereocenters. The summed E-state index contributed by atoms with van der Waals surface area (Å²) in [5, 5.41) is 0. The van der Waals surface area contributed by atoms with Gasteiger partial charge in [-0.3, -0.25) is 14.4 Å². The van der Waals surface area contributed by atoms with Crippen LogP contribution < -0.4 is 0 Å². The van der Waals surface area contributed by atoms with E-state index in [0.717, 1.165) is 109 Å². The van der Waals surface area contributed by atoms with Crippen LogP contribution >= 0.6 is 0 Å². The summed E-state index contributed by atoms with van der Waals surface area (Å²) in [6.07, 6.45) is 67.7. The fourth-order valence-electron chi connectivity index (χ4n) is 6.06. The zero-order valence-corrected chi connectivity index (χ0v) is 39.6. The van der Waals surface area contributed by atoms with Gasteiger partial charge >= 0.3 is 17.9 Å². The van der Waals surface area contributed by atoms with Gasteiger partial charge in [-0.05, 0) is 116 Å². The maximum absolute atomic E-state index is 12.7. The fourth-order valence-corrected chi connectivity index (χ4v) is 6.06. The second kappa shape index (κ2) is 49.5. The van der Waals surface area contributed by atoms with Gasteiger partial charge in [0.05, 0.1) is 0 Å². The highest BCUT2D eigenvalue weighted by molar-refractivity contribution is 5.71. The molecule has 0 aromatic rings. The van der Waals surface area contributed by atoms with Crippen LogP contribution in [0.25, 0.3) is 0 Å². The maximum atomic E-state index is 12.7. The number of carbonyl (C=O) groups is 3. The minimum absolute atomic E-state index is 0.121. The Morgan fingerprint density at radius 3 is 1.11 bits per heavy atom. The Kier molecular flexibility index (Phi) is 46.1. The highest BCUT2D eigenvalue weighted by Crippen LogP contribution is 2.11. The van der Waals surface area contributed by atoms with E-state index in [1.165, 1.54) is 32.1 Å². The number of hydrogen-bond acceptors (Lipinski definition) is 6. The normalized spacial score (nSPS) is 13.1. The molecule has 0 radical (unpaired) electrons. The van der Waals surface area contributed by atoms with E-state index in [9.17, 15) is 14.4 Å². The van der Waals surface area contributed by atoms with Crippen LogP contribution in [0.3, 0.4) is 0 Å². The van der Waals surface area contributed by atoms with Crippen molar-refractivity contribution in [3.05, 3.63) is 122 Å². The molecule has 0 amide bonds. The molecule has 1 unspecified atom stereocenters. The number of hydrogen-bond donors (Lipinski definition) is 0. The quantitative estimate of drug-likeness (QED) is 0.0263. The van der Waals surface area contributed by atoms with Crippen LogP contribution in [0.1, 0.15) is 194 Å². The molecule has 0 rings (SSSR count). The van der Waals surface area contributed by atoms with Gasteiger partial charge in [-0.25, -0.2) is 0 Å². The molecule has 0 saturated heterocycles. The molecule has 0 bridgehead atoms. The maximum Gasteiger partial charge on any atom is 0.306 e. The Morgan fingerprint density at radius 1 is 0.339 bits per heavy atom. The first kappa shape index (κ1) is 57.8. The van der Waals surface area contributed by atoms with Gasteiger partial charge in [-0.2, -0.15) is 0 Å². The average molecular weight is 857 g/mol. The number of ether oxygens (including phenoxy) is 3. The topological polar surface area (TPSA) is 78.9 Å². The Balaban J connectivity index is 4.56. The Hall–Kier alpha value is -4.19. The van der Waals surface area contributed by atoms with Crippen LogP contribution in [0.2, 0.25) is 0 Å². The molecule has 62 heavy (non-hydrogen) atoms. The van der Waals surface area contributed by atoms with E-state index >= 15 is 0 Å². The molecule has 0 fully saturated rings. The predicted octanol–water partition coefficient (Wildman–Crippen LogP) is 16.1. The SMILES string of the molecule is CC/C=C\C/C=C\C/C=C\C/C=C\C/C=C\C/C=C\CCC(=O)OCC(COC(=O)CCCCCCC/C=C\CCCCC)OC(=O)CCCCC/C=C\C/C=C\C/C=C\CC. The van der Waals surface area contributed by atoms with Crippen LogP contribution in [0, 0.1) is 0 Å². The zero-order chi connectivity index (χ0) is 45.1. The molecule has 0 aliphatic carbocycles. The van der Waals surface area contributed by atoms with Crippen molar-refractivity contribution >= 4 is 17.9 Å². The molecule has 348 valence electrons. The third-order valence-corrected chi connectivity index (χ3v) is 9.69. The summed E-state index contributed by atoms with van der Waals surface area (Å²) in [7, 11) is 0. The van der Waals surface area contributed by atoms with E-state index in [2.05, 4.69) is 130 Å². The smallest absolute Gasteiger partial charge is 0.306 e. The van der Waals surface area contributed by atoms with Gasteiger partial charge in [0, 0.05) is 19.3 Å². The molecule has 6 nitrogen and oxygen atoms in total. The standard InChI is InChI=1S/C56H88O6/c1-4-7-10-13-16-19-22-25-26-27-28-29-30-32-34-37-40-43-46-49-55(58)61-52-53(51-60-54(57)48-45-42-39-36-33-24-21-18-15-12-9-6-3)62-56(59)50-47-44-41-38-35-31-23-20-17-14-11-8-5-2/h7-8,10-11,16-21,25-26,28-29,31-32,34-35,40,43,53H,4-6,9,12-15,22-24,27,30,33,36-39,41-42,44-52H2,1-3H3/b10-7-,11-8-,19-16-,20-17-,21-18-,26-25-,29-28-,34-32-,35-31-,43-40-. The molecule has 0 aromatic heterocycles. The van der Waals surface area contributed by atoms with E-state index in [0.29, 0.717) is 19.3 Å². The summed E-state index contributed by atoms with van der Waals surface area (Å²) in [6.45, 7) is 6.26. The first-order chi connectivity index (χ1) is 30.5. The largest absolute Gasteiger partial charge is 0.462 e. The monoisotopic (exact) mass is 857 g/mol. The van der Waals surface area contributed by atoms with Gasteiger partial charge in [-0.15, -0.1) is 0 Å².